The molecule has 23 heavy (non-hydrogen) atoms. The summed E-state index contributed by atoms with van der Waals surface area (Å²) in [5.74, 6) is 0.457. The maximum Gasteiger partial charge on any atom is 0.257 e. The maximum atomic E-state index is 13.4. The highest BCUT2D eigenvalue weighted by atomic mass is 19.1. The molecule has 0 spiro atoms. The summed E-state index contributed by atoms with van der Waals surface area (Å²) in [6.45, 7) is 1.64. The van der Waals surface area contributed by atoms with Crippen LogP contribution in [0.5, 0.6) is 0 Å². The van der Waals surface area contributed by atoms with Gasteiger partial charge in [0.05, 0.1) is 30.3 Å². The van der Waals surface area contributed by atoms with Gasteiger partial charge in [0.2, 0.25) is 0 Å². The second-order valence-electron chi connectivity index (χ2n) is 5.46. The van der Waals surface area contributed by atoms with Crippen LogP contribution in [0.3, 0.4) is 0 Å². The zero-order chi connectivity index (χ0) is 15.8. The van der Waals surface area contributed by atoms with E-state index in [0.717, 1.165) is 17.1 Å². The molecule has 0 aliphatic carbocycles. The first-order chi connectivity index (χ1) is 11.2. The molecule has 2 aromatic heterocycles. The fourth-order valence-electron chi connectivity index (χ4n) is 2.88. The van der Waals surface area contributed by atoms with Gasteiger partial charge in [-0.15, -0.1) is 0 Å². The van der Waals surface area contributed by atoms with Crippen molar-refractivity contribution in [3.63, 3.8) is 0 Å². The number of fused-ring (bicyclic) bond motifs is 1. The van der Waals surface area contributed by atoms with Gasteiger partial charge in [0, 0.05) is 18.7 Å². The molecule has 1 aromatic carbocycles. The van der Waals surface area contributed by atoms with E-state index in [1.54, 1.807) is 23.2 Å². The minimum absolute atomic E-state index is 0.0692. The summed E-state index contributed by atoms with van der Waals surface area (Å²) in [6.07, 6.45) is 4.66. The summed E-state index contributed by atoms with van der Waals surface area (Å²) in [7, 11) is 0. The van der Waals surface area contributed by atoms with Crippen LogP contribution in [-0.2, 0) is 13.1 Å². The number of amides is 1. The van der Waals surface area contributed by atoms with Gasteiger partial charge in [-0.3, -0.25) is 4.79 Å². The van der Waals surface area contributed by atoms with Crippen molar-refractivity contribution < 1.29 is 13.6 Å². The standard InChI is InChI=1S/C17H14FN3O2/c18-14-3-1-2-12(8-14)15-9-19-16-10-20(5-6-21(15)16)17(22)13-4-7-23-11-13/h1-4,7-9,11H,5-6,10H2. The van der Waals surface area contributed by atoms with Gasteiger partial charge in [-0.1, -0.05) is 12.1 Å². The summed E-state index contributed by atoms with van der Waals surface area (Å²) >= 11 is 0. The Morgan fingerprint density at radius 2 is 2.17 bits per heavy atom. The minimum atomic E-state index is -0.273. The molecule has 4 rings (SSSR count). The van der Waals surface area contributed by atoms with Crippen LogP contribution in [0.15, 0.2) is 53.5 Å². The summed E-state index contributed by atoms with van der Waals surface area (Å²) in [5.41, 5.74) is 2.20. The molecule has 0 saturated heterocycles. The van der Waals surface area contributed by atoms with Crippen molar-refractivity contribution in [1.29, 1.82) is 0 Å². The van der Waals surface area contributed by atoms with Crippen molar-refractivity contribution in [2.75, 3.05) is 6.54 Å². The first kappa shape index (κ1) is 13.8. The van der Waals surface area contributed by atoms with Crippen LogP contribution in [-0.4, -0.2) is 26.9 Å². The second kappa shape index (κ2) is 5.39. The molecule has 3 heterocycles. The van der Waals surface area contributed by atoms with Crippen LogP contribution in [0, 0.1) is 5.82 Å². The van der Waals surface area contributed by atoms with E-state index in [4.69, 9.17) is 4.42 Å². The zero-order valence-corrected chi connectivity index (χ0v) is 12.3. The smallest absolute Gasteiger partial charge is 0.257 e. The molecule has 0 N–H and O–H groups in total. The van der Waals surface area contributed by atoms with Gasteiger partial charge in [0.15, 0.2) is 0 Å². The number of furan rings is 1. The van der Waals surface area contributed by atoms with E-state index in [9.17, 15) is 9.18 Å². The molecule has 1 aliphatic heterocycles. The highest BCUT2D eigenvalue weighted by Gasteiger charge is 2.25. The van der Waals surface area contributed by atoms with Gasteiger partial charge >= 0.3 is 0 Å². The molecule has 1 aliphatic rings. The molecular formula is C17H14FN3O2. The fraction of sp³-hybridized carbons (Fsp3) is 0.176. The number of nitrogens with zero attached hydrogens (tertiary/aromatic N) is 3. The van der Waals surface area contributed by atoms with Crippen LogP contribution in [0.2, 0.25) is 0 Å². The van der Waals surface area contributed by atoms with Gasteiger partial charge in [0.25, 0.3) is 5.91 Å². The van der Waals surface area contributed by atoms with Crippen molar-refractivity contribution in [2.45, 2.75) is 13.1 Å². The van der Waals surface area contributed by atoms with E-state index >= 15 is 0 Å². The molecule has 0 unspecified atom stereocenters. The Kier molecular flexibility index (Phi) is 3.22. The first-order valence-electron chi connectivity index (χ1n) is 7.34. The summed E-state index contributed by atoms with van der Waals surface area (Å²) < 4.78 is 20.4. The predicted octanol–water partition coefficient (Wildman–Crippen LogP) is 2.94. The van der Waals surface area contributed by atoms with Crippen molar-refractivity contribution >= 4 is 5.91 Å². The molecule has 116 valence electrons. The Balaban J connectivity index is 1.61. The highest BCUT2D eigenvalue weighted by Crippen LogP contribution is 2.25. The maximum absolute atomic E-state index is 13.4. The quantitative estimate of drug-likeness (QED) is 0.731. The number of carbonyl (C=O) groups is 1. The number of hydrogen-bond donors (Lipinski definition) is 0. The van der Waals surface area contributed by atoms with Crippen LogP contribution in [0.25, 0.3) is 11.3 Å². The molecule has 6 heteroatoms. The molecule has 5 nitrogen and oxygen atoms in total. The Morgan fingerprint density at radius 1 is 1.26 bits per heavy atom. The topological polar surface area (TPSA) is 51.3 Å². The van der Waals surface area contributed by atoms with Gasteiger partial charge < -0.3 is 13.9 Å². The Morgan fingerprint density at radius 3 is 2.96 bits per heavy atom. The zero-order valence-electron chi connectivity index (χ0n) is 12.3. The average Bonchev–Trinajstić information content (AvgIpc) is 3.23. The third-order valence-electron chi connectivity index (χ3n) is 4.04. The summed E-state index contributed by atoms with van der Waals surface area (Å²) in [5, 5.41) is 0. The van der Waals surface area contributed by atoms with E-state index in [1.165, 1.54) is 24.7 Å². The van der Waals surface area contributed by atoms with Crippen LogP contribution in [0.4, 0.5) is 4.39 Å². The van der Waals surface area contributed by atoms with Gasteiger partial charge in [-0.25, -0.2) is 9.37 Å². The number of rotatable bonds is 2. The second-order valence-corrected chi connectivity index (χ2v) is 5.46. The Bertz CT molecular complexity index is 855. The lowest BCUT2D eigenvalue weighted by atomic mass is 10.1. The summed E-state index contributed by atoms with van der Waals surface area (Å²) in [6, 6.07) is 8.11. The average molecular weight is 311 g/mol. The lowest BCUT2D eigenvalue weighted by Gasteiger charge is -2.28. The van der Waals surface area contributed by atoms with Crippen LogP contribution < -0.4 is 0 Å². The number of aromatic nitrogens is 2. The lowest BCUT2D eigenvalue weighted by molar-refractivity contribution is 0.0707. The molecular weight excluding hydrogens is 297 g/mol. The number of benzene rings is 1. The SMILES string of the molecule is O=C(c1ccoc1)N1CCn2c(-c3cccc(F)c3)cnc2C1. The van der Waals surface area contributed by atoms with Gasteiger partial charge in [-0.05, 0) is 18.2 Å². The van der Waals surface area contributed by atoms with Crippen molar-refractivity contribution in [1.82, 2.24) is 14.5 Å². The van der Waals surface area contributed by atoms with Crippen molar-refractivity contribution in [3.8, 4) is 11.3 Å². The Hall–Kier alpha value is -2.89. The van der Waals surface area contributed by atoms with E-state index in [2.05, 4.69) is 4.98 Å². The Labute approximate surface area is 132 Å². The monoisotopic (exact) mass is 311 g/mol. The number of hydrogen-bond acceptors (Lipinski definition) is 3. The van der Waals surface area contributed by atoms with Gasteiger partial charge in [0.1, 0.15) is 17.9 Å². The molecule has 0 saturated carbocycles. The lowest BCUT2D eigenvalue weighted by Crippen LogP contribution is -2.38. The third kappa shape index (κ3) is 2.42. The van der Waals surface area contributed by atoms with Crippen LogP contribution in [0.1, 0.15) is 16.2 Å². The third-order valence-corrected chi connectivity index (χ3v) is 4.04. The minimum Gasteiger partial charge on any atom is -0.472 e. The number of halogens is 1. The molecule has 0 radical (unpaired) electrons. The predicted molar refractivity (Wildman–Crippen MR) is 81.1 cm³/mol. The molecule has 0 bridgehead atoms. The largest absolute Gasteiger partial charge is 0.472 e. The van der Waals surface area contributed by atoms with E-state index in [0.29, 0.717) is 25.2 Å². The molecule has 3 aromatic rings. The molecule has 0 fully saturated rings. The normalized spacial score (nSPS) is 13.9. The first-order valence-corrected chi connectivity index (χ1v) is 7.34. The van der Waals surface area contributed by atoms with E-state index in [-0.39, 0.29) is 11.7 Å². The number of imidazole rings is 1. The summed E-state index contributed by atoms with van der Waals surface area (Å²) in [4.78, 5) is 18.5. The number of carbonyl (C=O) groups excluding carboxylic acids is 1. The van der Waals surface area contributed by atoms with E-state index < -0.39 is 0 Å². The fourth-order valence-corrected chi connectivity index (χ4v) is 2.88. The van der Waals surface area contributed by atoms with Gasteiger partial charge in [-0.2, -0.15) is 0 Å². The highest BCUT2D eigenvalue weighted by molar-refractivity contribution is 5.93. The molecule has 1 amide bonds. The van der Waals surface area contributed by atoms with E-state index in [1.807, 2.05) is 10.6 Å². The van der Waals surface area contributed by atoms with Crippen molar-refractivity contribution in [3.05, 3.63) is 66.3 Å². The van der Waals surface area contributed by atoms with Crippen LogP contribution >= 0.6 is 0 Å². The molecule has 0 atom stereocenters. The van der Waals surface area contributed by atoms with Crippen molar-refractivity contribution in [2.24, 2.45) is 0 Å².